The second kappa shape index (κ2) is 9.08. The number of thiazole rings is 1. The number of nitrogens with one attached hydrogen (secondary N) is 2. The van der Waals surface area contributed by atoms with Gasteiger partial charge in [0.15, 0.2) is 0 Å². The standard InChI is InChI=1S/C20H20N4O3S2/c1-3-11-22-29(26,27)13-15-7-9-16(10-8-15)24-19(25)18-14(2)23-20(28-18)17-6-4-5-12-21-17/h3-10,12,22H,1,11,13H2,2H3,(H,24,25). The van der Waals surface area contributed by atoms with Gasteiger partial charge < -0.3 is 5.32 Å². The molecule has 0 fully saturated rings. The van der Waals surface area contributed by atoms with Crippen molar-refractivity contribution in [3.63, 3.8) is 0 Å². The molecule has 150 valence electrons. The van der Waals surface area contributed by atoms with Crippen LogP contribution in [0.5, 0.6) is 0 Å². The van der Waals surface area contributed by atoms with Crippen LogP contribution in [0.3, 0.4) is 0 Å². The molecule has 0 saturated carbocycles. The van der Waals surface area contributed by atoms with Gasteiger partial charge in [0.1, 0.15) is 9.88 Å². The van der Waals surface area contributed by atoms with Crippen molar-refractivity contribution in [2.45, 2.75) is 12.7 Å². The smallest absolute Gasteiger partial charge is 0.267 e. The number of aromatic nitrogens is 2. The van der Waals surface area contributed by atoms with Crippen LogP contribution in [0.25, 0.3) is 10.7 Å². The fourth-order valence-corrected chi connectivity index (χ4v) is 4.58. The lowest BCUT2D eigenvalue weighted by Gasteiger charge is -2.07. The molecule has 0 spiro atoms. The van der Waals surface area contributed by atoms with Crippen LogP contribution in [-0.4, -0.2) is 30.8 Å². The summed E-state index contributed by atoms with van der Waals surface area (Å²) in [6.45, 7) is 5.45. The van der Waals surface area contributed by atoms with E-state index in [0.29, 0.717) is 26.8 Å². The van der Waals surface area contributed by atoms with Crippen LogP contribution in [0.2, 0.25) is 0 Å². The van der Waals surface area contributed by atoms with E-state index in [1.165, 1.54) is 17.4 Å². The monoisotopic (exact) mass is 428 g/mol. The highest BCUT2D eigenvalue weighted by Crippen LogP contribution is 2.27. The predicted octanol–water partition coefficient (Wildman–Crippen LogP) is 3.37. The first-order valence-electron chi connectivity index (χ1n) is 8.75. The highest BCUT2D eigenvalue weighted by molar-refractivity contribution is 7.88. The molecule has 3 aromatic rings. The molecule has 1 aromatic carbocycles. The number of hydrogen-bond acceptors (Lipinski definition) is 6. The minimum Gasteiger partial charge on any atom is -0.321 e. The van der Waals surface area contributed by atoms with Gasteiger partial charge in [0.25, 0.3) is 5.91 Å². The third kappa shape index (κ3) is 5.57. The van der Waals surface area contributed by atoms with Crippen molar-refractivity contribution in [1.29, 1.82) is 0 Å². The fraction of sp³-hybridized carbons (Fsp3) is 0.150. The van der Waals surface area contributed by atoms with Crippen molar-refractivity contribution in [2.24, 2.45) is 0 Å². The van der Waals surface area contributed by atoms with Crippen LogP contribution in [0.15, 0.2) is 61.3 Å². The van der Waals surface area contributed by atoms with E-state index in [-0.39, 0.29) is 18.2 Å². The number of aryl methyl sites for hydroxylation is 1. The van der Waals surface area contributed by atoms with Crippen LogP contribution in [0.4, 0.5) is 5.69 Å². The third-order valence-electron chi connectivity index (χ3n) is 3.90. The Labute approximate surface area is 173 Å². The summed E-state index contributed by atoms with van der Waals surface area (Å²) in [6.07, 6.45) is 3.16. The Morgan fingerprint density at radius 3 is 2.62 bits per heavy atom. The summed E-state index contributed by atoms with van der Waals surface area (Å²) in [5.41, 5.74) is 2.53. The number of nitrogens with zero attached hydrogens (tertiary/aromatic N) is 2. The zero-order valence-electron chi connectivity index (χ0n) is 15.8. The van der Waals surface area contributed by atoms with Gasteiger partial charge in [0, 0.05) is 18.4 Å². The second-order valence-electron chi connectivity index (χ2n) is 6.20. The minimum absolute atomic E-state index is 0.142. The van der Waals surface area contributed by atoms with Crippen molar-refractivity contribution in [2.75, 3.05) is 11.9 Å². The second-order valence-corrected chi connectivity index (χ2v) is 9.00. The molecule has 0 bridgehead atoms. The number of benzene rings is 1. The lowest BCUT2D eigenvalue weighted by atomic mass is 10.2. The summed E-state index contributed by atoms with van der Waals surface area (Å²) in [5, 5.41) is 3.50. The van der Waals surface area contributed by atoms with E-state index in [0.717, 1.165) is 5.69 Å². The quantitative estimate of drug-likeness (QED) is 0.536. The van der Waals surface area contributed by atoms with Gasteiger partial charge in [-0.3, -0.25) is 9.78 Å². The van der Waals surface area contributed by atoms with Gasteiger partial charge >= 0.3 is 0 Å². The van der Waals surface area contributed by atoms with Crippen LogP contribution in [0, 0.1) is 6.92 Å². The summed E-state index contributed by atoms with van der Waals surface area (Å²) in [7, 11) is -3.43. The minimum atomic E-state index is -3.43. The van der Waals surface area contributed by atoms with Crippen LogP contribution < -0.4 is 10.0 Å². The molecule has 1 amide bonds. The number of anilines is 1. The predicted molar refractivity (Wildman–Crippen MR) is 115 cm³/mol. The number of hydrogen-bond donors (Lipinski definition) is 2. The molecule has 7 nitrogen and oxygen atoms in total. The summed E-state index contributed by atoms with van der Waals surface area (Å²) in [4.78, 5) is 21.8. The van der Waals surface area contributed by atoms with E-state index < -0.39 is 10.0 Å². The Hall–Kier alpha value is -2.88. The largest absolute Gasteiger partial charge is 0.321 e. The maximum Gasteiger partial charge on any atom is 0.267 e. The van der Waals surface area contributed by atoms with E-state index in [9.17, 15) is 13.2 Å². The Kier molecular flexibility index (Phi) is 6.53. The van der Waals surface area contributed by atoms with E-state index in [2.05, 4.69) is 26.6 Å². The van der Waals surface area contributed by atoms with Crippen LogP contribution >= 0.6 is 11.3 Å². The van der Waals surface area contributed by atoms with Gasteiger partial charge in [-0.1, -0.05) is 24.3 Å². The van der Waals surface area contributed by atoms with Crippen molar-refractivity contribution in [3.8, 4) is 10.7 Å². The topological polar surface area (TPSA) is 101 Å². The average Bonchev–Trinajstić information content (AvgIpc) is 3.10. The molecule has 0 aliphatic rings. The van der Waals surface area contributed by atoms with Crippen molar-refractivity contribution >= 4 is 33.0 Å². The van der Waals surface area contributed by atoms with E-state index in [1.54, 1.807) is 37.4 Å². The average molecular weight is 429 g/mol. The van der Waals surface area contributed by atoms with E-state index in [1.807, 2.05) is 18.2 Å². The van der Waals surface area contributed by atoms with Gasteiger partial charge in [0.2, 0.25) is 10.0 Å². The number of carbonyl (C=O) groups is 1. The Balaban J connectivity index is 1.68. The molecule has 0 unspecified atom stereocenters. The number of rotatable bonds is 8. The Morgan fingerprint density at radius 1 is 1.21 bits per heavy atom. The Morgan fingerprint density at radius 2 is 1.97 bits per heavy atom. The zero-order valence-corrected chi connectivity index (χ0v) is 17.4. The lowest BCUT2D eigenvalue weighted by Crippen LogP contribution is -2.25. The summed E-state index contributed by atoms with van der Waals surface area (Å²) in [6, 6.07) is 12.2. The number of sulfonamides is 1. The normalized spacial score (nSPS) is 11.2. The highest BCUT2D eigenvalue weighted by Gasteiger charge is 2.17. The van der Waals surface area contributed by atoms with Gasteiger partial charge in [-0.2, -0.15) is 0 Å². The Bertz CT molecular complexity index is 1110. The molecular formula is C20H20N4O3S2. The summed E-state index contributed by atoms with van der Waals surface area (Å²) in [5.74, 6) is -0.411. The number of carbonyl (C=O) groups excluding carboxylic acids is 1. The molecule has 3 rings (SSSR count). The molecule has 0 saturated heterocycles. The first-order chi connectivity index (χ1) is 13.9. The maximum atomic E-state index is 12.6. The maximum absolute atomic E-state index is 12.6. The molecular weight excluding hydrogens is 408 g/mol. The van der Waals surface area contributed by atoms with Gasteiger partial charge in [-0.15, -0.1) is 17.9 Å². The number of pyridine rings is 1. The highest BCUT2D eigenvalue weighted by atomic mass is 32.2. The SMILES string of the molecule is C=CCNS(=O)(=O)Cc1ccc(NC(=O)c2sc(-c3ccccn3)nc2C)cc1. The molecule has 0 atom stereocenters. The molecule has 0 aliphatic carbocycles. The van der Waals surface area contributed by atoms with Crippen molar-refractivity contribution in [3.05, 3.63) is 77.5 Å². The third-order valence-corrected chi connectivity index (χ3v) is 6.40. The van der Waals surface area contributed by atoms with Gasteiger partial charge in [0.05, 0.1) is 17.1 Å². The molecule has 0 aliphatic heterocycles. The molecule has 9 heteroatoms. The van der Waals surface area contributed by atoms with Crippen LogP contribution in [-0.2, 0) is 15.8 Å². The first kappa shape index (κ1) is 20.8. The molecule has 2 aromatic heterocycles. The van der Waals surface area contributed by atoms with Gasteiger partial charge in [-0.05, 0) is 36.8 Å². The fourth-order valence-electron chi connectivity index (χ4n) is 2.53. The summed E-state index contributed by atoms with van der Waals surface area (Å²) >= 11 is 1.28. The zero-order chi connectivity index (χ0) is 20.9. The summed E-state index contributed by atoms with van der Waals surface area (Å²) < 4.78 is 26.3. The number of amides is 1. The lowest BCUT2D eigenvalue weighted by molar-refractivity contribution is 0.103. The molecule has 0 radical (unpaired) electrons. The van der Waals surface area contributed by atoms with E-state index >= 15 is 0 Å². The molecule has 29 heavy (non-hydrogen) atoms. The van der Waals surface area contributed by atoms with Crippen molar-refractivity contribution in [1.82, 2.24) is 14.7 Å². The molecule has 2 N–H and O–H groups in total. The van der Waals surface area contributed by atoms with Gasteiger partial charge in [-0.25, -0.2) is 18.1 Å². The first-order valence-corrected chi connectivity index (χ1v) is 11.2. The van der Waals surface area contributed by atoms with Crippen LogP contribution in [0.1, 0.15) is 20.9 Å². The van der Waals surface area contributed by atoms with Crippen molar-refractivity contribution < 1.29 is 13.2 Å². The van der Waals surface area contributed by atoms with E-state index in [4.69, 9.17) is 0 Å². The molecule has 2 heterocycles.